The molecule has 6 heteroatoms. The van der Waals surface area contributed by atoms with Gasteiger partial charge in [0.1, 0.15) is 18.1 Å². The van der Waals surface area contributed by atoms with Gasteiger partial charge in [-0.2, -0.15) is 0 Å². The Morgan fingerprint density at radius 3 is 2.26 bits per heavy atom. The van der Waals surface area contributed by atoms with E-state index < -0.39 is 0 Å². The standard InChI is InChI=1S/C29H34N2O4/c1-34-26-16-14-23(15-17-26)19-28(32)31(25-11-6-3-7-12-25)22-29(33)30(21-27-13-8-18-35-27)20-24-9-4-2-5-10-24/h2,4-5,8-10,13-18,25H,3,6-7,11-12,19-22H2,1H3. The Morgan fingerprint density at radius 2 is 1.60 bits per heavy atom. The van der Waals surface area contributed by atoms with Crippen LogP contribution >= 0.6 is 0 Å². The van der Waals surface area contributed by atoms with Gasteiger partial charge in [-0.3, -0.25) is 9.59 Å². The summed E-state index contributed by atoms with van der Waals surface area (Å²) in [4.78, 5) is 30.8. The molecule has 0 unspecified atom stereocenters. The van der Waals surface area contributed by atoms with E-state index in [-0.39, 0.29) is 30.8 Å². The summed E-state index contributed by atoms with van der Waals surface area (Å²) in [6.45, 7) is 0.907. The van der Waals surface area contributed by atoms with Crippen LogP contribution < -0.4 is 4.74 Å². The van der Waals surface area contributed by atoms with Crippen LogP contribution in [0, 0.1) is 0 Å². The zero-order chi connectivity index (χ0) is 24.5. The summed E-state index contributed by atoms with van der Waals surface area (Å²) in [5.74, 6) is 1.41. The van der Waals surface area contributed by atoms with Crippen molar-refractivity contribution in [1.82, 2.24) is 9.80 Å². The Bertz CT molecular complexity index is 1060. The van der Waals surface area contributed by atoms with E-state index in [0.29, 0.717) is 13.1 Å². The van der Waals surface area contributed by atoms with Crippen molar-refractivity contribution in [3.05, 3.63) is 89.9 Å². The summed E-state index contributed by atoms with van der Waals surface area (Å²) in [6, 6.07) is 21.3. The van der Waals surface area contributed by atoms with Crippen molar-refractivity contribution in [1.29, 1.82) is 0 Å². The molecular formula is C29H34N2O4. The van der Waals surface area contributed by atoms with E-state index in [1.807, 2.05) is 71.6 Å². The molecule has 184 valence electrons. The SMILES string of the molecule is COc1ccc(CC(=O)N(CC(=O)N(Cc2ccccc2)Cc2ccco2)C2CCCCC2)cc1. The van der Waals surface area contributed by atoms with Crippen LogP contribution in [0.15, 0.2) is 77.4 Å². The van der Waals surface area contributed by atoms with Crippen molar-refractivity contribution in [3.8, 4) is 5.75 Å². The van der Waals surface area contributed by atoms with Crippen LogP contribution in [-0.4, -0.2) is 41.3 Å². The number of nitrogens with zero attached hydrogens (tertiary/aromatic N) is 2. The second-order valence-corrected chi connectivity index (χ2v) is 9.15. The minimum absolute atomic E-state index is 0.00641. The smallest absolute Gasteiger partial charge is 0.242 e. The molecule has 1 heterocycles. The van der Waals surface area contributed by atoms with Crippen LogP contribution in [-0.2, 0) is 29.1 Å². The van der Waals surface area contributed by atoms with E-state index in [9.17, 15) is 9.59 Å². The maximum atomic E-state index is 13.6. The van der Waals surface area contributed by atoms with E-state index in [1.54, 1.807) is 18.3 Å². The van der Waals surface area contributed by atoms with Gasteiger partial charge in [0, 0.05) is 12.6 Å². The van der Waals surface area contributed by atoms with Crippen LogP contribution in [0.2, 0.25) is 0 Å². The minimum atomic E-state index is -0.0705. The summed E-state index contributed by atoms with van der Waals surface area (Å²) < 4.78 is 10.8. The molecule has 1 fully saturated rings. The van der Waals surface area contributed by atoms with Gasteiger partial charge in [0.15, 0.2) is 0 Å². The van der Waals surface area contributed by atoms with Gasteiger partial charge in [-0.25, -0.2) is 0 Å². The molecular weight excluding hydrogens is 440 g/mol. The predicted octanol–water partition coefficient (Wildman–Crippen LogP) is 5.22. The highest BCUT2D eigenvalue weighted by atomic mass is 16.5. The Morgan fingerprint density at radius 1 is 0.857 bits per heavy atom. The molecule has 0 atom stereocenters. The molecule has 0 bridgehead atoms. The van der Waals surface area contributed by atoms with Crippen LogP contribution in [0.3, 0.4) is 0 Å². The first-order valence-corrected chi connectivity index (χ1v) is 12.4. The van der Waals surface area contributed by atoms with Crippen molar-refractivity contribution in [3.63, 3.8) is 0 Å². The highest BCUT2D eigenvalue weighted by Crippen LogP contribution is 2.24. The second-order valence-electron chi connectivity index (χ2n) is 9.15. The number of ether oxygens (including phenoxy) is 1. The molecule has 3 aromatic rings. The first-order valence-electron chi connectivity index (χ1n) is 12.4. The average Bonchev–Trinajstić information content (AvgIpc) is 3.41. The fourth-order valence-electron chi connectivity index (χ4n) is 4.71. The monoisotopic (exact) mass is 474 g/mol. The number of benzene rings is 2. The first-order chi connectivity index (χ1) is 17.1. The number of methoxy groups -OCH3 is 1. The predicted molar refractivity (Wildman–Crippen MR) is 135 cm³/mol. The molecule has 0 saturated heterocycles. The minimum Gasteiger partial charge on any atom is -0.497 e. The lowest BCUT2D eigenvalue weighted by atomic mass is 9.93. The van der Waals surface area contributed by atoms with E-state index in [2.05, 4.69) is 0 Å². The van der Waals surface area contributed by atoms with Crippen LogP contribution in [0.5, 0.6) is 5.75 Å². The molecule has 0 aliphatic heterocycles. The third-order valence-corrected chi connectivity index (χ3v) is 6.65. The largest absolute Gasteiger partial charge is 0.497 e. The zero-order valence-electron chi connectivity index (χ0n) is 20.4. The van der Waals surface area contributed by atoms with Gasteiger partial charge in [0.05, 0.1) is 26.3 Å². The van der Waals surface area contributed by atoms with Gasteiger partial charge in [-0.05, 0) is 48.2 Å². The number of hydrogen-bond donors (Lipinski definition) is 0. The maximum absolute atomic E-state index is 13.6. The van der Waals surface area contributed by atoms with Crippen molar-refractivity contribution in [2.75, 3.05) is 13.7 Å². The van der Waals surface area contributed by atoms with E-state index in [4.69, 9.17) is 9.15 Å². The van der Waals surface area contributed by atoms with Gasteiger partial charge < -0.3 is 19.0 Å². The maximum Gasteiger partial charge on any atom is 0.242 e. The number of amides is 2. The number of carbonyl (C=O) groups excluding carboxylic acids is 2. The molecule has 1 aromatic heterocycles. The highest BCUT2D eigenvalue weighted by molar-refractivity contribution is 5.86. The van der Waals surface area contributed by atoms with Crippen LogP contribution in [0.4, 0.5) is 0 Å². The van der Waals surface area contributed by atoms with Crippen LogP contribution in [0.1, 0.15) is 49.0 Å². The highest BCUT2D eigenvalue weighted by Gasteiger charge is 2.29. The molecule has 0 radical (unpaired) electrons. The summed E-state index contributed by atoms with van der Waals surface area (Å²) >= 11 is 0. The molecule has 4 rings (SSSR count). The molecule has 0 spiro atoms. The molecule has 35 heavy (non-hydrogen) atoms. The molecule has 2 aromatic carbocycles. The second kappa shape index (κ2) is 12.2. The normalized spacial score (nSPS) is 13.9. The zero-order valence-corrected chi connectivity index (χ0v) is 20.4. The molecule has 1 aliphatic carbocycles. The summed E-state index contributed by atoms with van der Waals surface area (Å²) in [5, 5.41) is 0. The van der Waals surface area contributed by atoms with Crippen molar-refractivity contribution >= 4 is 11.8 Å². The molecule has 1 aliphatic rings. The number of hydrogen-bond acceptors (Lipinski definition) is 4. The van der Waals surface area contributed by atoms with Gasteiger partial charge >= 0.3 is 0 Å². The van der Waals surface area contributed by atoms with E-state index in [0.717, 1.165) is 48.3 Å². The van der Waals surface area contributed by atoms with Crippen LogP contribution in [0.25, 0.3) is 0 Å². The van der Waals surface area contributed by atoms with Gasteiger partial charge in [-0.1, -0.05) is 61.7 Å². The van der Waals surface area contributed by atoms with Gasteiger partial charge in [0.2, 0.25) is 11.8 Å². The first kappa shape index (κ1) is 24.6. The Labute approximate surface area is 207 Å². The van der Waals surface area contributed by atoms with Crippen molar-refractivity contribution < 1.29 is 18.7 Å². The number of rotatable bonds is 10. The summed E-state index contributed by atoms with van der Waals surface area (Å²) in [5.41, 5.74) is 1.96. The summed E-state index contributed by atoms with van der Waals surface area (Å²) in [7, 11) is 1.63. The fourth-order valence-corrected chi connectivity index (χ4v) is 4.71. The fraction of sp³-hybridized carbons (Fsp3) is 0.379. The number of furan rings is 1. The van der Waals surface area contributed by atoms with Gasteiger partial charge in [0.25, 0.3) is 0 Å². The molecule has 2 amide bonds. The lowest BCUT2D eigenvalue weighted by molar-refractivity contribution is -0.143. The topological polar surface area (TPSA) is 63.0 Å². The Hall–Kier alpha value is -3.54. The molecule has 0 N–H and O–H groups in total. The quantitative estimate of drug-likeness (QED) is 0.404. The van der Waals surface area contributed by atoms with Crippen molar-refractivity contribution in [2.24, 2.45) is 0 Å². The Kier molecular flexibility index (Phi) is 8.60. The molecule has 6 nitrogen and oxygen atoms in total. The third-order valence-electron chi connectivity index (χ3n) is 6.65. The van der Waals surface area contributed by atoms with Crippen molar-refractivity contribution in [2.45, 2.75) is 57.7 Å². The Balaban J connectivity index is 1.51. The summed E-state index contributed by atoms with van der Waals surface area (Å²) in [6.07, 6.45) is 7.13. The lowest BCUT2D eigenvalue weighted by Crippen LogP contribution is -2.48. The van der Waals surface area contributed by atoms with Gasteiger partial charge in [-0.15, -0.1) is 0 Å². The van der Waals surface area contributed by atoms with E-state index in [1.165, 1.54) is 6.42 Å². The lowest BCUT2D eigenvalue weighted by Gasteiger charge is -2.35. The molecule has 1 saturated carbocycles. The average molecular weight is 475 g/mol. The number of carbonyl (C=O) groups is 2. The van der Waals surface area contributed by atoms with E-state index >= 15 is 0 Å². The third kappa shape index (κ3) is 6.98.